The van der Waals surface area contributed by atoms with E-state index < -0.39 is 39.9 Å². The van der Waals surface area contributed by atoms with Gasteiger partial charge in [0.25, 0.3) is 0 Å². The summed E-state index contributed by atoms with van der Waals surface area (Å²) in [6.45, 7) is 3.24. The van der Waals surface area contributed by atoms with Crippen LogP contribution >= 0.6 is 0 Å². The number of halogens is 1. The molecular weight excluding hydrogens is 351 g/mol. The third-order valence-electron chi connectivity index (χ3n) is 4.44. The molecule has 1 saturated carbocycles. The molecule has 0 radical (unpaired) electrons. The van der Waals surface area contributed by atoms with E-state index in [1.807, 2.05) is 13.8 Å². The van der Waals surface area contributed by atoms with Gasteiger partial charge < -0.3 is 14.0 Å². The van der Waals surface area contributed by atoms with Crippen LogP contribution in [0.3, 0.4) is 0 Å². The van der Waals surface area contributed by atoms with E-state index in [9.17, 15) is 22.2 Å². The summed E-state index contributed by atoms with van der Waals surface area (Å²) in [5, 5.41) is 0. The summed E-state index contributed by atoms with van der Waals surface area (Å²) in [4.78, 5) is 11.9. The maximum Gasteiger partial charge on any atom is 0.338 e. The first-order chi connectivity index (χ1) is 11.6. The number of rotatable bonds is 7. The normalized spacial score (nSPS) is 16.0. The van der Waals surface area contributed by atoms with Crippen molar-refractivity contribution >= 4 is 16.1 Å². The molecule has 6 nitrogen and oxygen atoms in total. The highest BCUT2D eigenvalue weighted by molar-refractivity contribution is 7.85. The van der Waals surface area contributed by atoms with E-state index in [2.05, 4.69) is 0 Å². The van der Waals surface area contributed by atoms with Crippen LogP contribution in [0.1, 0.15) is 49.9 Å². The zero-order valence-corrected chi connectivity index (χ0v) is 15.1. The number of carbonyl (C=O) groups is 1. The van der Waals surface area contributed by atoms with Crippen LogP contribution in [0.2, 0.25) is 0 Å². The van der Waals surface area contributed by atoms with Crippen molar-refractivity contribution in [1.29, 1.82) is 0 Å². The molecule has 1 aliphatic carbocycles. The number of esters is 1. The van der Waals surface area contributed by atoms with Gasteiger partial charge in [0.1, 0.15) is 12.2 Å². The summed E-state index contributed by atoms with van der Waals surface area (Å²) in [5.74, 6) is -1.98. The summed E-state index contributed by atoms with van der Waals surface area (Å²) in [7, 11) is -4.46. The predicted molar refractivity (Wildman–Crippen MR) is 87.9 cm³/mol. The Labute approximate surface area is 147 Å². The maximum atomic E-state index is 14.1. The molecule has 25 heavy (non-hydrogen) atoms. The van der Waals surface area contributed by atoms with Crippen LogP contribution in [0.5, 0.6) is 5.75 Å². The second kappa shape index (κ2) is 7.70. The Balaban J connectivity index is 2.07. The van der Waals surface area contributed by atoms with Gasteiger partial charge in [-0.2, -0.15) is 0 Å². The summed E-state index contributed by atoms with van der Waals surface area (Å²) in [5.41, 5.74) is -0.543. The van der Waals surface area contributed by atoms with E-state index in [1.165, 1.54) is 12.1 Å². The van der Waals surface area contributed by atoms with Gasteiger partial charge in [0.05, 0.1) is 21.4 Å². The fraction of sp³-hybridized carbons (Fsp3) is 0.588. The Kier molecular flexibility index (Phi) is 6.05. The molecular formula is C17H22FO6S-. The second-order valence-electron chi connectivity index (χ2n) is 6.73. The Morgan fingerprint density at radius 3 is 2.56 bits per heavy atom. The first-order valence-electron chi connectivity index (χ1n) is 8.18. The molecule has 0 spiro atoms. The van der Waals surface area contributed by atoms with Gasteiger partial charge in [-0.25, -0.2) is 17.6 Å². The molecule has 0 unspecified atom stereocenters. The number of benzene rings is 1. The third kappa shape index (κ3) is 5.67. The zero-order valence-electron chi connectivity index (χ0n) is 14.3. The molecule has 1 aliphatic rings. The lowest BCUT2D eigenvalue weighted by molar-refractivity contribution is 0.0415. The van der Waals surface area contributed by atoms with Crippen LogP contribution in [0.4, 0.5) is 4.39 Å². The number of hydrogen-bond acceptors (Lipinski definition) is 6. The fourth-order valence-corrected chi connectivity index (χ4v) is 3.30. The quantitative estimate of drug-likeness (QED) is 0.539. The lowest BCUT2D eigenvalue weighted by atomic mass is 9.89. The van der Waals surface area contributed by atoms with Crippen LogP contribution in [-0.4, -0.2) is 36.9 Å². The van der Waals surface area contributed by atoms with Crippen molar-refractivity contribution in [1.82, 2.24) is 0 Å². The second-order valence-corrected chi connectivity index (χ2v) is 8.25. The summed E-state index contributed by atoms with van der Waals surface area (Å²) >= 11 is 0. The van der Waals surface area contributed by atoms with Crippen molar-refractivity contribution in [2.24, 2.45) is 5.92 Å². The number of hydrogen-bond donors (Lipinski definition) is 0. The van der Waals surface area contributed by atoms with Crippen LogP contribution in [0.25, 0.3) is 0 Å². The minimum absolute atomic E-state index is 0.0296. The van der Waals surface area contributed by atoms with Gasteiger partial charge in [-0.15, -0.1) is 0 Å². The molecule has 0 N–H and O–H groups in total. The van der Waals surface area contributed by atoms with E-state index in [-0.39, 0.29) is 11.3 Å². The molecule has 1 aromatic carbocycles. The molecule has 0 heterocycles. The first-order valence-corrected chi connectivity index (χ1v) is 9.75. The molecule has 0 aromatic heterocycles. The summed E-state index contributed by atoms with van der Waals surface area (Å²) in [6.07, 6.45) is 4.27. The lowest BCUT2D eigenvalue weighted by Crippen LogP contribution is -2.36. The van der Waals surface area contributed by atoms with Gasteiger partial charge >= 0.3 is 5.97 Å². The molecule has 0 atom stereocenters. The van der Waals surface area contributed by atoms with Gasteiger partial charge in [0.2, 0.25) is 0 Å². The van der Waals surface area contributed by atoms with Crippen molar-refractivity contribution in [3.63, 3.8) is 0 Å². The minimum atomic E-state index is -4.46. The highest BCUT2D eigenvalue weighted by atomic mass is 32.2. The van der Waals surface area contributed by atoms with E-state index in [0.29, 0.717) is 5.92 Å². The van der Waals surface area contributed by atoms with Crippen molar-refractivity contribution < 1.29 is 31.6 Å². The van der Waals surface area contributed by atoms with Gasteiger partial charge in [0, 0.05) is 0 Å². The average Bonchev–Trinajstić information content (AvgIpc) is 3.03. The summed E-state index contributed by atoms with van der Waals surface area (Å²) in [6, 6.07) is 3.56. The maximum absolute atomic E-state index is 14.1. The molecule has 140 valence electrons. The highest BCUT2D eigenvalue weighted by Crippen LogP contribution is 2.37. The van der Waals surface area contributed by atoms with Crippen LogP contribution in [0, 0.1) is 11.7 Å². The van der Waals surface area contributed by atoms with Gasteiger partial charge in [0.15, 0.2) is 11.6 Å². The highest BCUT2D eigenvalue weighted by Gasteiger charge is 2.34. The third-order valence-corrected chi connectivity index (χ3v) is 5.11. The predicted octanol–water partition coefficient (Wildman–Crippen LogP) is 2.88. The number of ether oxygens (including phenoxy) is 2. The van der Waals surface area contributed by atoms with Gasteiger partial charge in [-0.3, -0.25) is 0 Å². The summed E-state index contributed by atoms with van der Waals surface area (Å²) < 4.78 is 56.2. The molecule has 0 saturated heterocycles. The zero-order chi connectivity index (χ0) is 18.7. The van der Waals surface area contributed by atoms with E-state index in [1.54, 1.807) is 0 Å². The molecule has 2 rings (SSSR count). The Bertz CT molecular complexity index is 723. The Hall–Kier alpha value is -1.67. The van der Waals surface area contributed by atoms with E-state index in [0.717, 1.165) is 31.7 Å². The molecule has 1 fully saturated rings. The average molecular weight is 373 g/mol. The number of carbonyl (C=O) groups excluding carboxylic acids is 1. The van der Waals surface area contributed by atoms with Crippen LogP contribution in [-0.2, 0) is 14.9 Å². The molecule has 0 bridgehead atoms. The van der Waals surface area contributed by atoms with Gasteiger partial charge in [-0.1, -0.05) is 12.8 Å². The SMILES string of the molecule is CC(C)(Oc1cc(C(=O)OCCS(=O)(=O)[O-])ccc1F)C1CCCC1. The topological polar surface area (TPSA) is 92.7 Å². The van der Waals surface area contributed by atoms with E-state index in [4.69, 9.17) is 9.47 Å². The largest absolute Gasteiger partial charge is 0.748 e. The molecule has 0 amide bonds. The van der Waals surface area contributed by atoms with E-state index >= 15 is 0 Å². The monoisotopic (exact) mass is 373 g/mol. The van der Waals surface area contributed by atoms with Crippen molar-refractivity contribution in [3.8, 4) is 5.75 Å². The van der Waals surface area contributed by atoms with Crippen molar-refractivity contribution in [3.05, 3.63) is 29.6 Å². The smallest absolute Gasteiger partial charge is 0.338 e. The van der Waals surface area contributed by atoms with Gasteiger partial charge in [-0.05, 0) is 50.8 Å². The standard InChI is InChI=1S/C17H23FO6S/c1-17(2,13-5-3-4-6-13)24-15-11-12(7-8-14(15)18)16(19)23-9-10-25(20,21)22/h7-8,11,13H,3-6,9-10H2,1-2H3,(H,20,21,22)/p-1. The first kappa shape index (κ1) is 19.7. The van der Waals surface area contributed by atoms with Crippen LogP contribution in [0.15, 0.2) is 18.2 Å². The molecule has 1 aromatic rings. The molecule has 0 aliphatic heterocycles. The fourth-order valence-electron chi connectivity index (χ4n) is 3.02. The van der Waals surface area contributed by atoms with Crippen molar-refractivity contribution in [2.45, 2.75) is 45.1 Å². The Morgan fingerprint density at radius 1 is 1.32 bits per heavy atom. The lowest BCUT2D eigenvalue weighted by Gasteiger charge is -2.32. The van der Waals surface area contributed by atoms with Crippen LogP contribution < -0.4 is 4.74 Å². The Morgan fingerprint density at radius 2 is 1.96 bits per heavy atom. The van der Waals surface area contributed by atoms with Crippen molar-refractivity contribution in [2.75, 3.05) is 12.4 Å². The molecule has 8 heteroatoms. The minimum Gasteiger partial charge on any atom is -0.748 e.